The van der Waals surface area contributed by atoms with Crippen molar-refractivity contribution in [3.63, 3.8) is 0 Å². The third kappa shape index (κ3) is 72.1. The first-order valence-electron chi connectivity index (χ1n) is 0.548. The fourth-order valence-electron chi connectivity index (χ4n) is 0. The topological polar surface area (TPSA) is 69.2 Å². The first-order valence-corrected chi connectivity index (χ1v) is 2.85. The average molecular weight is 314 g/mol. The zero-order valence-corrected chi connectivity index (χ0v) is 7.28. The van der Waals surface area contributed by atoms with Crippen molar-refractivity contribution in [3.8, 4) is 0 Å². The summed E-state index contributed by atoms with van der Waals surface area (Å²) in [5.41, 5.74) is 0. The van der Waals surface area contributed by atoms with Crippen molar-refractivity contribution < 1.29 is 63.5 Å². The van der Waals surface area contributed by atoms with E-state index in [2.05, 4.69) is 0 Å². The quantitative estimate of drug-likeness (QED) is 0.429. The molecule has 0 unspecified atom stereocenters. The van der Waals surface area contributed by atoms with E-state index in [1.165, 1.54) is 0 Å². The maximum absolute atomic E-state index is 8.56. The SMILES string of the molecule is [Cu+].[Cu+].[Cu+].[O-][As]([O-])[O-]. The molecule has 0 radical (unpaired) electrons. The van der Waals surface area contributed by atoms with Gasteiger partial charge in [0.05, 0.1) is 0 Å². The van der Waals surface area contributed by atoms with Gasteiger partial charge >= 0.3 is 79.2 Å². The van der Waals surface area contributed by atoms with Crippen LogP contribution in [0.1, 0.15) is 0 Å². The number of hydrogen-bond acceptors (Lipinski definition) is 3. The van der Waals surface area contributed by atoms with Gasteiger partial charge in [-0.3, -0.25) is 0 Å². The summed E-state index contributed by atoms with van der Waals surface area (Å²) < 4.78 is 25.7. The molecule has 0 atom stereocenters. The van der Waals surface area contributed by atoms with E-state index in [-0.39, 0.29) is 51.2 Å². The second-order valence-electron chi connectivity index (χ2n) is 0.224. The molecule has 7 heavy (non-hydrogen) atoms. The van der Waals surface area contributed by atoms with Crippen LogP contribution in [-0.4, -0.2) is 15.7 Å². The van der Waals surface area contributed by atoms with Crippen LogP contribution in [0.4, 0.5) is 0 Å². The molecule has 0 N–H and O–H groups in total. The van der Waals surface area contributed by atoms with E-state index in [0.717, 1.165) is 0 Å². The number of hydrogen-bond donors (Lipinski definition) is 0. The summed E-state index contributed by atoms with van der Waals surface area (Å²) in [6.07, 6.45) is 0. The molecule has 3 nitrogen and oxygen atoms in total. The molecule has 0 aromatic rings. The Morgan fingerprint density at radius 2 is 0.714 bits per heavy atom. The summed E-state index contributed by atoms with van der Waals surface area (Å²) in [6.45, 7) is 0. The van der Waals surface area contributed by atoms with Gasteiger partial charge in [0.15, 0.2) is 0 Å². The molecule has 0 saturated carbocycles. The van der Waals surface area contributed by atoms with Crippen LogP contribution in [0.2, 0.25) is 0 Å². The Morgan fingerprint density at radius 1 is 0.714 bits per heavy atom. The van der Waals surface area contributed by atoms with Crippen molar-refractivity contribution in [3.05, 3.63) is 0 Å². The normalized spacial score (nSPS) is 5.14. The van der Waals surface area contributed by atoms with Gasteiger partial charge in [0.25, 0.3) is 0 Å². The molecule has 0 spiro atoms. The van der Waals surface area contributed by atoms with E-state index in [0.29, 0.717) is 0 Å². The van der Waals surface area contributed by atoms with Gasteiger partial charge in [-0.05, 0) is 0 Å². The molecule has 0 aromatic heterocycles. The molecular formula is AsCu3O3. The summed E-state index contributed by atoms with van der Waals surface area (Å²) in [5.74, 6) is 0. The summed E-state index contributed by atoms with van der Waals surface area (Å²) in [5, 5.41) is 0. The van der Waals surface area contributed by atoms with Crippen molar-refractivity contribution in [1.29, 1.82) is 0 Å². The van der Waals surface area contributed by atoms with Crippen LogP contribution in [0.25, 0.3) is 0 Å². The van der Waals surface area contributed by atoms with E-state index in [1.807, 2.05) is 0 Å². The molecule has 0 aliphatic carbocycles. The van der Waals surface area contributed by atoms with E-state index in [4.69, 9.17) is 12.3 Å². The molecule has 0 heterocycles. The summed E-state index contributed by atoms with van der Waals surface area (Å²) >= 11 is -3.94. The van der Waals surface area contributed by atoms with Crippen LogP contribution in [0, 0.1) is 0 Å². The predicted octanol–water partition coefficient (Wildman–Crippen LogP) is -3.96. The second-order valence-corrected chi connectivity index (χ2v) is 1.16. The molecule has 0 saturated heterocycles. The van der Waals surface area contributed by atoms with Gasteiger partial charge in [-0.25, -0.2) is 0 Å². The van der Waals surface area contributed by atoms with Gasteiger partial charge in [-0.15, -0.1) is 0 Å². The van der Waals surface area contributed by atoms with Crippen molar-refractivity contribution in [2.24, 2.45) is 0 Å². The number of rotatable bonds is 0. The Kier molecular flexibility index (Phi) is 51.6. The Bertz CT molecular complexity index is 14.9. The second kappa shape index (κ2) is 15.7. The first kappa shape index (κ1) is 23.0. The molecule has 0 fully saturated rings. The van der Waals surface area contributed by atoms with E-state index in [1.54, 1.807) is 0 Å². The van der Waals surface area contributed by atoms with Crippen LogP contribution in [-0.2, 0) is 51.2 Å². The van der Waals surface area contributed by atoms with Gasteiger partial charge in [0.1, 0.15) is 0 Å². The van der Waals surface area contributed by atoms with Gasteiger partial charge < -0.3 is 0 Å². The van der Waals surface area contributed by atoms with Crippen molar-refractivity contribution in [1.82, 2.24) is 0 Å². The van der Waals surface area contributed by atoms with Gasteiger partial charge in [0, 0.05) is 0 Å². The molecule has 0 amide bonds. The molecule has 0 bridgehead atoms. The van der Waals surface area contributed by atoms with Crippen LogP contribution in [0.5, 0.6) is 0 Å². The Balaban J connectivity index is -0.0000000150. The Morgan fingerprint density at radius 3 is 0.714 bits per heavy atom. The third-order valence-electron chi connectivity index (χ3n) is 0. The molecule has 7 heteroatoms. The van der Waals surface area contributed by atoms with E-state index < -0.39 is 15.7 Å². The Labute approximate surface area is 78.6 Å². The van der Waals surface area contributed by atoms with E-state index >= 15 is 0 Å². The Hall–Kier alpha value is 2.00. The first-order chi connectivity index (χ1) is 1.73. The predicted molar refractivity (Wildman–Crippen MR) is 5.75 cm³/mol. The van der Waals surface area contributed by atoms with Crippen LogP contribution in [0.15, 0.2) is 0 Å². The van der Waals surface area contributed by atoms with Crippen molar-refractivity contribution >= 4 is 15.7 Å². The fourth-order valence-corrected chi connectivity index (χ4v) is 0. The minimum absolute atomic E-state index is 0. The molecular weight excluding hydrogens is 314 g/mol. The fraction of sp³-hybridized carbons (Fsp3) is 0. The zero-order chi connectivity index (χ0) is 3.58. The molecule has 0 rings (SSSR count). The average Bonchev–Trinajstić information content (AvgIpc) is 0.811. The van der Waals surface area contributed by atoms with Crippen molar-refractivity contribution in [2.75, 3.05) is 0 Å². The van der Waals surface area contributed by atoms with Gasteiger partial charge in [-0.1, -0.05) is 0 Å². The molecule has 0 aromatic carbocycles. The molecule has 0 aliphatic rings. The summed E-state index contributed by atoms with van der Waals surface area (Å²) in [7, 11) is 0. The van der Waals surface area contributed by atoms with Crippen LogP contribution in [0.3, 0.4) is 0 Å². The molecule has 0 aliphatic heterocycles. The maximum atomic E-state index is 8.56. The standard InChI is InChI=1S/AsO3.3Cu/c2-1(3)4;;;/q-3;3*+1. The summed E-state index contributed by atoms with van der Waals surface area (Å²) in [4.78, 5) is 0. The minimum atomic E-state index is -3.94. The monoisotopic (exact) mass is 312 g/mol. The van der Waals surface area contributed by atoms with Crippen LogP contribution >= 0.6 is 0 Å². The van der Waals surface area contributed by atoms with E-state index in [9.17, 15) is 0 Å². The van der Waals surface area contributed by atoms with Gasteiger partial charge in [0.2, 0.25) is 0 Å². The van der Waals surface area contributed by atoms with Crippen LogP contribution < -0.4 is 12.3 Å². The zero-order valence-electron chi connectivity index (χ0n) is 2.58. The van der Waals surface area contributed by atoms with Gasteiger partial charge in [-0.2, -0.15) is 0 Å². The van der Waals surface area contributed by atoms with Crippen molar-refractivity contribution in [2.45, 2.75) is 0 Å². The third-order valence-corrected chi connectivity index (χ3v) is 0. The molecule has 56 valence electrons. The summed E-state index contributed by atoms with van der Waals surface area (Å²) in [6, 6.07) is 0.